The molecule has 0 saturated heterocycles. The van der Waals surface area contributed by atoms with Gasteiger partial charge in [0.1, 0.15) is 12.5 Å². The number of benzene rings is 5. The van der Waals surface area contributed by atoms with Crippen molar-refractivity contribution in [1.29, 1.82) is 0 Å². The van der Waals surface area contributed by atoms with E-state index in [4.69, 9.17) is 16.3 Å². The van der Waals surface area contributed by atoms with E-state index in [2.05, 4.69) is 48.0 Å². The Kier molecular flexibility index (Phi) is 8.76. The molecule has 0 spiro atoms. The van der Waals surface area contributed by atoms with Crippen molar-refractivity contribution in [2.75, 3.05) is 24.1 Å². The lowest BCUT2D eigenvalue weighted by molar-refractivity contribution is 0.137. The molecule has 6 nitrogen and oxygen atoms in total. The number of aromatic nitrogens is 1. The Morgan fingerprint density at radius 3 is 2.22 bits per heavy atom. The van der Waals surface area contributed by atoms with Crippen LogP contribution < -0.4 is 9.04 Å². The molecule has 1 aromatic heterocycles. The number of anilines is 2. The van der Waals surface area contributed by atoms with Crippen molar-refractivity contribution in [3.63, 3.8) is 0 Å². The van der Waals surface area contributed by atoms with Crippen LogP contribution in [-0.2, 0) is 10.0 Å². The molecule has 5 aromatic carbocycles. The maximum absolute atomic E-state index is 14.6. The number of pyridine rings is 1. The minimum atomic E-state index is -4.09. The van der Waals surface area contributed by atoms with E-state index in [1.165, 1.54) is 4.31 Å². The van der Waals surface area contributed by atoms with Gasteiger partial charge < -0.3 is 4.74 Å². The molecular formula is C37H34ClN3O3S. The number of hydrogen-bond donors (Lipinski definition) is 0. The van der Waals surface area contributed by atoms with Crippen LogP contribution in [0.15, 0.2) is 120 Å². The SMILES string of the molecule is CCN(CC)COc1ccc(N(c2cc(C)nc3cc(Cl)ccc23)S(=O)(=O)c2ccc(-c3cccc4ccccc34)cc2)cc1. The summed E-state index contributed by atoms with van der Waals surface area (Å²) in [5.41, 5.74) is 4.23. The minimum absolute atomic E-state index is 0.171. The maximum Gasteiger partial charge on any atom is 0.268 e. The molecule has 0 unspecified atom stereocenters. The first kappa shape index (κ1) is 30.6. The smallest absolute Gasteiger partial charge is 0.268 e. The number of sulfonamides is 1. The molecule has 0 bridgehead atoms. The van der Waals surface area contributed by atoms with Crippen LogP contribution in [0, 0.1) is 6.92 Å². The molecule has 0 aliphatic carbocycles. The van der Waals surface area contributed by atoms with E-state index in [-0.39, 0.29) is 4.90 Å². The molecule has 8 heteroatoms. The zero-order valence-electron chi connectivity index (χ0n) is 25.4. The molecule has 45 heavy (non-hydrogen) atoms. The summed E-state index contributed by atoms with van der Waals surface area (Å²) >= 11 is 6.31. The predicted molar refractivity (Wildman–Crippen MR) is 185 cm³/mol. The van der Waals surface area contributed by atoms with E-state index < -0.39 is 10.0 Å². The van der Waals surface area contributed by atoms with Crippen molar-refractivity contribution in [1.82, 2.24) is 9.88 Å². The third-order valence-corrected chi connectivity index (χ3v) is 9.96. The summed E-state index contributed by atoms with van der Waals surface area (Å²) in [5.74, 6) is 0.657. The third-order valence-electron chi connectivity index (χ3n) is 7.97. The lowest BCUT2D eigenvalue weighted by Gasteiger charge is -2.27. The van der Waals surface area contributed by atoms with Gasteiger partial charge in [0.05, 0.1) is 21.8 Å². The first-order valence-electron chi connectivity index (χ1n) is 14.9. The van der Waals surface area contributed by atoms with Gasteiger partial charge in [-0.05, 0) is 103 Å². The van der Waals surface area contributed by atoms with Gasteiger partial charge in [-0.2, -0.15) is 0 Å². The molecule has 0 N–H and O–H groups in total. The summed E-state index contributed by atoms with van der Waals surface area (Å²) < 4.78 is 36.6. The Bertz CT molecular complexity index is 2070. The fourth-order valence-corrected chi connectivity index (χ4v) is 7.19. The Labute approximate surface area is 269 Å². The zero-order chi connectivity index (χ0) is 31.6. The quantitative estimate of drug-likeness (QED) is 0.140. The van der Waals surface area contributed by atoms with Crippen molar-refractivity contribution in [3.05, 3.63) is 126 Å². The van der Waals surface area contributed by atoms with E-state index in [0.717, 1.165) is 35.0 Å². The van der Waals surface area contributed by atoms with E-state index in [0.29, 0.717) is 45.5 Å². The van der Waals surface area contributed by atoms with Crippen molar-refractivity contribution < 1.29 is 13.2 Å². The molecule has 228 valence electrons. The van der Waals surface area contributed by atoms with Crippen LogP contribution in [0.2, 0.25) is 5.02 Å². The largest absolute Gasteiger partial charge is 0.478 e. The lowest BCUT2D eigenvalue weighted by atomic mass is 9.98. The molecule has 0 atom stereocenters. The van der Waals surface area contributed by atoms with Gasteiger partial charge >= 0.3 is 0 Å². The summed E-state index contributed by atoms with van der Waals surface area (Å²) in [5, 5.41) is 3.43. The highest BCUT2D eigenvalue weighted by Crippen LogP contribution is 2.39. The number of fused-ring (bicyclic) bond motifs is 2. The molecule has 6 aromatic rings. The molecule has 1 heterocycles. The molecule has 6 rings (SSSR count). The van der Waals surface area contributed by atoms with Crippen LogP contribution >= 0.6 is 11.6 Å². The first-order valence-corrected chi connectivity index (χ1v) is 16.8. The molecule has 0 radical (unpaired) electrons. The van der Waals surface area contributed by atoms with Gasteiger partial charge in [0.2, 0.25) is 0 Å². The summed E-state index contributed by atoms with van der Waals surface area (Å²) in [6.45, 7) is 8.21. The van der Waals surface area contributed by atoms with Gasteiger partial charge in [0.25, 0.3) is 10.0 Å². The lowest BCUT2D eigenvalue weighted by Crippen LogP contribution is -2.28. The fourth-order valence-electron chi connectivity index (χ4n) is 5.53. The summed E-state index contributed by atoms with van der Waals surface area (Å²) in [4.78, 5) is 6.97. The third kappa shape index (κ3) is 6.25. The van der Waals surface area contributed by atoms with Crippen molar-refractivity contribution >= 4 is 54.7 Å². The average molecular weight is 636 g/mol. The van der Waals surface area contributed by atoms with Crippen molar-refractivity contribution in [3.8, 4) is 16.9 Å². The average Bonchev–Trinajstić information content (AvgIpc) is 3.05. The van der Waals surface area contributed by atoms with Gasteiger partial charge in [-0.15, -0.1) is 0 Å². The second kappa shape index (κ2) is 12.9. The Hall–Kier alpha value is -4.43. The van der Waals surface area contributed by atoms with Crippen LogP contribution in [0.1, 0.15) is 19.5 Å². The molecule has 0 saturated carbocycles. The summed E-state index contributed by atoms with van der Waals surface area (Å²) in [6, 6.07) is 35.7. The van der Waals surface area contributed by atoms with Crippen LogP contribution in [0.4, 0.5) is 11.4 Å². The number of ether oxygens (including phenoxy) is 1. The van der Waals surface area contributed by atoms with E-state index in [1.807, 2.05) is 43.3 Å². The second-order valence-electron chi connectivity index (χ2n) is 10.8. The Morgan fingerprint density at radius 2 is 1.49 bits per heavy atom. The normalized spacial score (nSPS) is 11.8. The van der Waals surface area contributed by atoms with E-state index in [1.54, 1.807) is 54.6 Å². The van der Waals surface area contributed by atoms with Crippen molar-refractivity contribution in [2.45, 2.75) is 25.7 Å². The Balaban J connectivity index is 1.44. The van der Waals surface area contributed by atoms with Crippen molar-refractivity contribution in [2.24, 2.45) is 0 Å². The number of rotatable bonds is 10. The highest BCUT2D eigenvalue weighted by atomic mass is 35.5. The van der Waals surface area contributed by atoms with E-state index in [9.17, 15) is 8.42 Å². The number of aryl methyl sites for hydroxylation is 1. The Morgan fingerprint density at radius 1 is 0.778 bits per heavy atom. The van der Waals surface area contributed by atoms with Crippen LogP contribution in [-0.4, -0.2) is 38.1 Å². The van der Waals surface area contributed by atoms with Crippen LogP contribution in [0.3, 0.4) is 0 Å². The standard InChI is InChI=1S/C37H34ClN3O3S/c1-4-40(5-2)25-44-31-18-16-30(17-19-31)41(37-23-26(3)39-36-24-29(38)15-22-35(36)37)45(42,43)32-20-13-28(14-21-32)34-12-8-10-27-9-6-7-11-33(27)34/h6-24H,4-5,25H2,1-3H3. The first-order chi connectivity index (χ1) is 21.8. The van der Waals surface area contributed by atoms with Gasteiger partial charge in [0, 0.05) is 16.1 Å². The fraction of sp³-hybridized carbons (Fsp3) is 0.162. The monoisotopic (exact) mass is 635 g/mol. The predicted octanol–water partition coefficient (Wildman–Crippen LogP) is 9.22. The number of nitrogens with zero attached hydrogens (tertiary/aromatic N) is 3. The maximum atomic E-state index is 14.6. The highest BCUT2D eigenvalue weighted by molar-refractivity contribution is 7.93. The summed E-state index contributed by atoms with van der Waals surface area (Å²) in [7, 11) is -4.09. The molecule has 0 aliphatic heterocycles. The minimum Gasteiger partial charge on any atom is -0.478 e. The topological polar surface area (TPSA) is 62.7 Å². The van der Waals surface area contributed by atoms with E-state index >= 15 is 0 Å². The number of hydrogen-bond acceptors (Lipinski definition) is 5. The van der Waals surface area contributed by atoms with Crippen LogP contribution in [0.5, 0.6) is 5.75 Å². The highest BCUT2D eigenvalue weighted by Gasteiger charge is 2.29. The molecule has 0 aliphatic rings. The van der Waals surface area contributed by atoms with Gasteiger partial charge in [-0.3, -0.25) is 9.88 Å². The molecule has 0 fully saturated rings. The van der Waals surface area contributed by atoms with Crippen LogP contribution in [0.25, 0.3) is 32.8 Å². The molecule has 0 amide bonds. The van der Waals surface area contributed by atoms with Gasteiger partial charge in [0.15, 0.2) is 0 Å². The summed E-state index contributed by atoms with van der Waals surface area (Å²) in [6.07, 6.45) is 0. The second-order valence-corrected chi connectivity index (χ2v) is 13.1. The number of halogens is 1. The van der Waals surface area contributed by atoms with Gasteiger partial charge in [-0.25, -0.2) is 12.7 Å². The van der Waals surface area contributed by atoms with Gasteiger partial charge in [-0.1, -0.05) is 80.0 Å². The zero-order valence-corrected chi connectivity index (χ0v) is 27.0. The molecular weight excluding hydrogens is 602 g/mol.